The average Bonchev–Trinajstić information content (AvgIpc) is 3.54. The van der Waals surface area contributed by atoms with Crippen LogP contribution in [0, 0.1) is 40.4 Å². The van der Waals surface area contributed by atoms with E-state index >= 15 is 0 Å². The van der Waals surface area contributed by atoms with E-state index in [4.69, 9.17) is 10.5 Å². The molecule has 0 saturated heterocycles. The second kappa shape index (κ2) is 11.6. The number of aliphatic hydroxyl groups excluding tert-OH is 3. The Morgan fingerprint density at radius 3 is 2.27 bits per heavy atom. The van der Waals surface area contributed by atoms with E-state index in [1.54, 1.807) is 40.9 Å². The topological polar surface area (TPSA) is 188 Å². The number of methoxy groups -OCH3 is 1. The van der Waals surface area contributed by atoms with Gasteiger partial charge in [-0.1, -0.05) is 72.4 Å². The highest BCUT2D eigenvalue weighted by Crippen LogP contribution is 2.68. The maximum atomic E-state index is 14.7. The van der Waals surface area contributed by atoms with E-state index in [0.717, 1.165) is 12.0 Å². The van der Waals surface area contributed by atoms with E-state index in [1.807, 2.05) is 12.1 Å². The second-order valence-corrected chi connectivity index (χ2v) is 15.6. The van der Waals surface area contributed by atoms with Gasteiger partial charge in [0, 0.05) is 16.4 Å². The lowest BCUT2D eigenvalue weighted by Gasteiger charge is -2.69. The van der Waals surface area contributed by atoms with Crippen molar-refractivity contribution in [3.8, 4) is 22.6 Å². The summed E-state index contributed by atoms with van der Waals surface area (Å²) in [6.45, 7) is 8.35. The summed E-state index contributed by atoms with van der Waals surface area (Å²) in [6, 6.07) is 9.13. The zero-order chi connectivity index (χ0) is 35.2. The number of amides is 1. The molecule has 0 radical (unpaired) electrons. The molecule has 3 saturated carbocycles. The van der Waals surface area contributed by atoms with Crippen LogP contribution < -0.4 is 10.5 Å². The summed E-state index contributed by atoms with van der Waals surface area (Å²) < 4.78 is 5.80. The highest BCUT2D eigenvalue weighted by molar-refractivity contribution is 6.10. The first-order valence-electron chi connectivity index (χ1n) is 17.2. The van der Waals surface area contributed by atoms with Crippen LogP contribution in [0.3, 0.4) is 0 Å². The Morgan fingerprint density at radius 2 is 1.69 bits per heavy atom. The lowest BCUT2D eigenvalue weighted by Crippen LogP contribution is -2.83. The van der Waals surface area contributed by atoms with Crippen LogP contribution in [0.15, 0.2) is 30.3 Å². The number of aliphatic hydroxyl groups is 4. The average molecular weight is 664 g/mol. The molecular formula is C38H49NO9. The Balaban J connectivity index is 1.58. The summed E-state index contributed by atoms with van der Waals surface area (Å²) in [5, 5.41) is 60.0. The molecule has 0 heterocycles. The van der Waals surface area contributed by atoms with E-state index in [-0.39, 0.29) is 11.3 Å². The Bertz CT molecular complexity index is 1670. The van der Waals surface area contributed by atoms with Crippen LogP contribution in [0.4, 0.5) is 0 Å². The molecule has 4 aliphatic rings. The van der Waals surface area contributed by atoms with E-state index in [2.05, 4.69) is 6.07 Å². The lowest BCUT2D eigenvalue weighted by molar-refractivity contribution is -0.306. The van der Waals surface area contributed by atoms with Crippen molar-refractivity contribution in [3.63, 3.8) is 0 Å². The molecule has 48 heavy (non-hydrogen) atoms. The molecule has 10 nitrogen and oxygen atoms in total. The van der Waals surface area contributed by atoms with Crippen molar-refractivity contribution in [1.29, 1.82) is 0 Å². The number of hydrogen-bond acceptors (Lipinski definition) is 9. The van der Waals surface area contributed by atoms with Crippen molar-refractivity contribution < 1.29 is 44.7 Å². The molecule has 2 aromatic rings. The molecule has 0 spiro atoms. The number of aromatic hydroxyl groups is 1. The first kappa shape index (κ1) is 34.5. The van der Waals surface area contributed by atoms with Crippen LogP contribution in [0.5, 0.6) is 11.5 Å². The quantitative estimate of drug-likeness (QED) is 0.252. The molecule has 0 aromatic heterocycles. The van der Waals surface area contributed by atoms with Gasteiger partial charge < -0.3 is 36.0 Å². The minimum Gasteiger partial charge on any atom is -0.507 e. The van der Waals surface area contributed by atoms with E-state index in [1.165, 1.54) is 38.7 Å². The number of ketones is 2. The van der Waals surface area contributed by atoms with Crippen LogP contribution >= 0.6 is 0 Å². The number of phenolic OH excluding ortho intramolecular Hbond substituents is 1. The zero-order valence-corrected chi connectivity index (χ0v) is 28.6. The summed E-state index contributed by atoms with van der Waals surface area (Å²) in [7, 11) is 1.56. The Hall–Kier alpha value is -3.31. The lowest BCUT2D eigenvalue weighted by atomic mass is 9.36. The zero-order valence-electron chi connectivity index (χ0n) is 28.6. The fourth-order valence-electron chi connectivity index (χ4n) is 10.7. The van der Waals surface area contributed by atoms with Gasteiger partial charge in [0.25, 0.3) is 0 Å². The standard InChI is InChI=1S/C38H49NO9/c1-17(2)28-31(42)27(34(39)45)32(43)38(47)33(44)29-30(41)26-23(40)13-12-21(25(26)18(3)36(29,4)35(46)37(28,38)5)22-16-20(11-14-24(22)48-6)15-19-9-7-8-10-19/h11-14,16-19,27-29,31,33,35,40,42,44,46-47H,7-10,15H2,1-6H3,(H2,39,45)/t18-,27-,28+,29-,31?,33?,35-,36+,37+,38+/m1/s1. The van der Waals surface area contributed by atoms with E-state index in [0.29, 0.717) is 28.4 Å². The maximum absolute atomic E-state index is 14.7. The molecule has 2 unspecified atom stereocenters. The summed E-state index contributed by atoms with van der Waals surface area (Å²) in [5.74, 6) is -8.10. The molecule has 4 aliphatic carbocycles. The number of nitrogens with two attached hydrogens (primary N) is 1. The number of carbonyl (C=O) groups is 3. The normalized spacial score (nSPS) is 38.0. The van der Waals surface area contributed by atoms with Crippen LogP contribution in [0.25, 0.3) is 11.1 Å². The maximum Gasteiger partial charge on any atom is 0.230 e. The molecule has 0 aliphatic heterocycles. The number of ether oxygens (including phenoxy) is 1. The Morgan fingerprint density at radius 1 is 1.04 bits per heavy atom. The molecule has 7 N–H and O–H groups in total. The fraction of sp³-hybridized carbons (Fsp3) is 0.605. The second-order valence-electron chi connectivity index (χ2n) is 15.6. The summed E-state index contributed by atoms with van der Waals surface area (Å²) in [5.41, 5.74) is 2.13. The van der Waals surface area contributed by atoms with Crippen molar-refractivity contribution in [1.82, 2.24) is 0 Å². The van der Waals surface area contributed by atoms with Gasteiger partial charge in [0.1, 0.15) is 23.5 Å². The molecule has 3 fully saturated rings. The van der Waals surface area contributed by atoms with E-state index < -0.39 is 81.8 Å². The van der Waals surface area contributed by atoms with Crippen molar-refractivity contribution >= 4 is 17.5 Å². The molecule has 2 aromatic carbocycles. The first-order chi connectivity index (χ1) is 22.5. The minimum atomic E-state index is -2.83. The van der Waals surface area contributed by atoms with E-state index in [9.17, 15) is 39.9 Å². The van der Waals surface area contributed by atoms with Gasteiger partial charge >= 0.3 is 0 Å². The number of hydrogen-bond donors (Lipinski definition) is 6. The number of Topliss-reactive ketones (excluding diaryl/α,β-unsaturated/α-hetero) is 2. The molecule has 10 heteroatoms. The molecule has 10 atom stereocenters. The number of carbonyl (C=O) groups excluding carboxylic acids is 3. The third-order valence-electron chi connectivity index (χ3n) is 13.1. The molecule has 6 rings (SSSR count). The summed E-state index contributed by atoms with van der Waals surface area (Å²) in [6.07, 6.45) is 0.246. The van der Waals surface area contributed by atoms with Gasteiger partial charge in [0.15, 0.2) is 17.2 Å². The third-order valence-corrected chi connectivity index (χ3v) is 13.1. The fourth-order valence-corrected chi connectivity index (χ4v) is 10.7. The molecular weight excluding hydrogens is 614 g/mol. The van der Waals surface area contributed by atoms with Gasteiger partial charge in [-0.15, -0.1) is 0 Å². The monoisotopic (exact) mass is 663 g/mol. The van der Waals surface area contributed by atoms with Crippen LogP contribution in [-0.2, 0) is 16.0 Å². The van der Waals surface area contributed by atoms with Gasteiger partial charge in [-0.05, 0) is 65.0 Å². The predicted octanol–water partition coefficient (Wildman–Crippen LogP) is 3.51. The van der Waals surface area contributed by atoms with Crippen LogP contribution in [-0.4, -0.2) is 74.0 Å². The number of phenols is 1. The van der Waals surface area contributed by atoms with Crippen LogP contribution in [0.2, 0.25) is 0 Å². The summed E-state index contributed by atoms with van der Waals surface area (Å²) >= 11 is 0. The molecule has 1 amide bonds. The third kappa shape index (κ3) is 4.34. The van der Waals surface area contributed by atoms with Gasteiger partial charge in [0.2, 0.25) is 5.91 Å². The Kier molecular flexibility index (Phi) is 8.38. The van der Waals surface area contributed by atoms with Gasteiger partial charge in [0.05, 0.1) is 30.8 Å². The molecule has 0 bridgehead atoms. The number of benzene rings is 2. The number of fused-ring (bicyclic) bond motifs is 3. The number of rotatable bonds is 6. The first-order valence-corrected chi connectivity index (χ1v) is 17.2. The highest BCUT2D eigenvalue weighted by atomic mass is 16.5. The number of primary amides is 1. The Labute approximate surface area is 281 Å². The summed E-state index contributed by atoms with van der Waals surface area (Å²) in [4.78, 5) is 41.3. The molecule has 260 valence electrons. The minimum absolute atomic E-state index is 0.0701. The largest absolute Gasteiger partial charge is 0.507 e. The predicted molar refractivity (Wildman–Crippen MR) is 177 cm³/mol. The van der Waals surface area contributed by atoms with Gasteiger partial charge in [-0.25, -0.2) is 0 Å². The van der Waals surface area contributed by atoms with Crippen molar-refractivity contribution in [3.05, 3.63) is 47.0 Å². The van der Waals surface area contributed by atoms with Gasteiger partial charge in [-0.3, -0.25) is 14.4 Å². The highest BCUT2D eigenvalue weighted by Gasteiger charge is 2.80. The van der Waals surface area contributed by atoms with Crippen molar-refractivity contribution in [2.45, 2.75) is 96.6 Å². The van der Waals surface area contributed by atoms with Crippen molar-refractivity contribution in [2.24, 2.45) is 46.2 Å². The SMILES string of the molecule is COc1ccc(CC2CCCC2)cc1-c1ccc(O)c2c1[C@@H](C)[C@@]1(C)[C@H](C2=O)C(O)[C@@]2(O)C(=O)[C@H](C(N)=O)C(O)[C@H](C(C)C)[C@@]2(C)[C@@H]1O. The van der Waals surface area contributed by atoms with Gasteiger partial charge in [-0.2, -0.15) is 0 Å². The van der Waals surface area contributed by atoms with Crippen molar-refractivity contribution in [2.75, 3.05) is 7.11 Å². The smallest absolute Gasteiger partial charge is 0.230 e. The van der Waals surface area contributed by atoms with Crippen LogP contribution in [0.1, 0.15) is 87.7 Å².